The first-order valence-electron chi connectivity index (χ1n) is 17.7. The fraction of sp³-hybridized carbons (Fsp3) is 0.595. The summed E-state index contributed by atoms with van der Waals surface area (Å²) in [7, 11) is 1.75. The number of carbonyl (C=O) groups excluding carboxylic acids is 3. The fourth-order valence-electron chi connectivity index (χ4n) is 6.14. The molecular weight excluding hydrogens is 673 g/mol. The van der Waals surface area contributed by atoms with Gasteiger partial charge >= 0.3 is 12.1 Å². The van der Waals surface area contributed by atoms with Gasteiger partial charge in [-0.2, -0.15) is 0 Å². The minimum absolute atomic E-state index is 0.168. The summed E-state index contributed by atoms with van der Waals surface area (Å²) in [5.74, 6) is 1.74. The van der Waals surface area contributed by atoms with Gasteiger partial charge in [-0.25, -0.2) is 9.59 Å². The van der Waals surface area contributed by atoms with Crippen LogP contribution in [0.2, 0.25) is 0 Å². The Morgan fingerprint density at radius 2 is 1.60 bits per heavy atom. The zero-order valence-electron chi connectivity index (χ0n) is 30.0. The molecule has 2 aromatic carbocycles. The molecule has 0 bridgehead atoms. The second-order valence-corrected chi connectivity index (χ2v) is 16.5. The Bertz CT molecular complexity index is 1330. The number of ether oxygens (including phenoxy) is 1. The number of aliphatic hydroxyl groups excluding tert-OH is 1. The zero-order chi connectivity index (χ0) is 36.0. The largest absolute Gasteiger partial charge is 0.448 e. The predicted octanol–water partition coefficient (Wildman–Crippen LogP) is 3.82. The number of hydrogen-bond donors (Lipinski definition) is 6. The van der Waals surface area contributed by atoms with Crippen LogP contribution in [0.1, 0.15) is 45.2 Å². The van der Waals surface area contributed by atoms with Crippen LogP contribution in [0.25, 0.3) is 0 Å². The van der Waals surface area contributed by atoms with E-state index in [1.165, 1.54) is 0 Å². The number of rotatable bonds is 17. The van der Waals surface area contributed by atoms with E-state index < -0.39 is 30.3 Å². The number of benzene rings is 2. The number of hydrogen-bond acceptors (Lipinski definition) is 9. The normalized spacial score (nSPS) is 21.3. The summed E-state index contributed by atoms with van der Waals surface area (Å²) in [6.45, 7) is 9.76. The highest BCUT2D eigenvalue weighted by atomic mass is 32.2. The molecule has 2 saturated heterocycles. The molecule has 0 aromatic heterocycles. The molecule has 2 aliphatic heterocycles. The summed E-state index contributed by atoms with van der Waals surface area (Å²) in [6, 6.07) is 17.4. The predicted molar refractivity (Wildman–Crippen MR) is 203 cm³/mol. The molecule has 4 unspecified atom stereocenters. The maximum atomic E-state index is 13.9. The van der Waals surface area contributed by atoms with E-state index in [-0.39, 0.29) is 42.2 Å². The summed E-state index contributed by atoms with van der Waals surface area (Å²) in [5.41, 5.74) is 1.94. The number of carbonyl (C=O) groups is 3. The number of amides is 4. The van der Waals surface area contributed by atoms with E-state index >= 15 is 0 Å². The number of thioether (sulfide) groups is 2. The van der Waals surface area contributed by atoms with E-state index in [1.54, 1.807) is 23.7 Å². The molecule has 0 radical (unpaired) electrons. The van der Waals surface area contributed by atoms with Crippen LogP contribution in [0, 0.1) is 11.8 Å². The van der Waals surface area contributed by atoms with Gasteiger partial charge in [-0.1, -0.05) is 88.4 Å². The van der Waals surface area contributed by atoms with E-state index in [1.807, 2.05) is 86.3 Å². The number of aliphatic hydroxyl groups is 1. The lowest BCUT2D eigenvalue weighted by Crippen LogP contribution is -2.56. The molecule has 0 saturated carbocycles. The van der Waals surface area contributed by atoms with Crippen molar-refractivity contribution in [2.24, 2.45) is 11.8 Å². The zero-order valence-corrected chi connectivity index (χ0v) is 31.6. The molecule has 2 heterocycles. The first-order valence-corrected chi connectivity index (χ1v) is 19.8. The van der Waals surface area contributed by atoms with Crippen LogP contribution in [-0.2, 0) is 22.4 Å². The van der Waals surface area contributed by atoms with Gasteiger partial charge in [0, 0.05) is 43.9 Å². The Kier molecular flexibility index (Phi) is 16.1. The molecule has 7 atom stereocenters. The number of likely N-dealkylation sites (N-methyl/N-ethyl adjacent to an activating group) is 1. The van der Waals surface area contributed by atoms with Crippen LogP contribution in [0.4, 0.5) is 9.59 Å². The Morgan fingerprint density at radius 1 is 0.940 bits per heavy atom. The molecule has 4 amide bonds. The first-order chi connectivity index (χ1) is 24.0. The lowest BCUT2D eigenvalue weighted by atomic mass is 9.93. The average Bonchev–Trinajstić information content (AvgIpc) is 3.79. The topological polar surface area (TPSA) is 144 Å². The third-order valence-electron chi connectivity index (χ3n) is 9.01. The van der Waals surface area contributed by atoms with Crippen molar-refractivity contribution in [1.82, 2.24) is 31.5 Å². The Balaban J connectivity index is 1.43. The standard InChI is InChI=1S/C37H56N6O5S2/c1-24(2)33(42-36(46)43(5)20-29-22-49-35(40-29)25(3)4)34(45)39-28(16-26-12-8-6-9-13-26)18-32(44)31(17-27-14-10-7-11-15-27)41-37(47)48-21-30-19-38-23-50-30/h6-15,24-25,28-33,35,38,40,44H,16-23H2,1-5H3,(H,39,45)(H,41,47)(H,42,46)/t28?,29?,30?,31-,32-,33+,35?/m0/s1. The average molecular weight is 729 g/mol. The highest BCUT2D eigenvalue weighted by molar-refractivity contribution is 8.00. The SMILES string of the molecule is CC(C)C1NC(CN(C)C(=O)N[C@@H](C(=O)NC(Cc2ccccc2)C[C@H](O)[C@H](Cc2ccccc2)NC(=O)OCC2CNCS2)C(C)C)CS1. The molecule has 0 spiro atoms. The van der Waals surface area contributed by atoms with Gasteiger partial charge in [-0.05, 0) is 42.2 Å². The van der Waals surface area contributed by atoms with Crippen molar-refractivity contribution in [1.29, 1.82) is 0 Å². The number of nitrogens with one attached hydrogen (secondary N) is 5. The maximum Gasteiger partial charge on any atom is 0.407 e. The van der Waals surface area contributed by atoms with Gasteiger partial charge in [0.25, 0.3) is 0 Å². The molecule has 2 fully saturated rings. The molecule has 50 heavy (non-hydrogen) atoms. The maximum absolute atomic E-state index is 13.9. The van der Waals surface area contributed by atoms with E-state index in [4.69, 9.17) is 4.74 Å². The fourth-order valence-corrected chi connectivity index (χ4v) is 8.33. The number of alkyl carbamates (subject to hydrolysis) is 1. The van der Waals surface area contributed by atoms with Crippen molar-refractivity contribution in [3.63, 3.8) is 0 Å². The van der Waals surface area contributed by atoms with Gasteiger partial charge < -0.3 is 36.0 Å². The van der Waals surface area contributed by atoms with Crippen molar-refractivity contribution in [2.45, 2.75) is 87.9 Å². The minimum Gasteiger partial charge on any atom is -0.448 e. The summed E-state index contributed by atoms with van der Waals surface area (Å²) in [4.78, 5) is 41.8. The van der Waals surface area contributed by atoms with E-state index in [0.717, 1.165) is 29.3 Å². The van der Waals surface area contributed by atoms with E-state index in [2.05, 4.69) is 40.4 Å². The summed E-state index contributed by atoms with van der Waals surface area (Å²) < 4.78 is 5.54. The van der Waals surface area contributed by atoms with Crippen LogP contribution >= 0.6 is 23.5 Å². The molecule has 6 N–H and O–H groups in total. The number of nitrogens with zero attached hydrogens (tertiary/aromatic N) is 1. The van der Waals surface area contributed by atoms with Crippen molar-refractivity contribution < 1.29 is 24.2 Å². The van der Waals surface area contributed by atoms with Crippen molar-refractivity contribution in [3.05, 3.63) is 71.8 Å². The molecular formula is C37H56N6O5S2. The highest BCUT2D eigenvalue weighted by Gasteiger charge is 2.32. The van der Waals surface area contributed by atoms with Gasteiger partial charge in [-0.3, -0.25) is 10.1 Å². The second-order valence-electron chi connectivity index (χ2n) is 14.0. The molecule has 0 aliphatic carbocycles. The van der Waals surface area contributed by atoms with E-state index in [9.17, 15) is 19.5 Å². The number of urea groups is 1. The lowest BCUT2D eigenvalue weighted by Gasteiger charge is -2.31. The lowest BCUT2D eigenvalue weighted by molar-refractivity contribution is -0.124. The Hall–Kier alpha value is -2.97. The second kappa shape index (κ2) is 20.2. The highest BCUT2D eigenvalue weighted by Crippen LogP contribution is 2.25. The quantitative estimate of drug-likeness (QED) is 0.143. The first kappa shape index (κ1) is 39.8. The summed E-state index contributed by atoms with van der Waals surface area (Å²) >= 11 is 3.58. The molecule has 4 rings (SSSR count). The third kappa shape index (κ3) is 13.0. The van der Waals surface area contributed by atoms with Gasteiger partial charge in [0.05, 0.1) is 22.8 Å². The molecule has 276 valence electrons. The van der Waals surface area contributed by atoms with Crippen LogP contribution in [-0.4, -0.2) is 107 Å². The van der Waals surface area contributed by atoms with Gasteiger partial charge in [0.1, 0.15) is 12.6 Å². The van der Waals surface area contributed by atoms with E-state index in [0.29, 0.717) is 30.7 Å². The smallest absolute Gasteiger partial charge is 0.407 e. The Morgan fingerprint density at radius 3 is 2.18 bits per heavy atom. The molecule has 2 aromatic rings. The van der Waals surface area contributed by atoms with Crippen LogP contribution in [0.15, 0.2) is 60.7 Å². The molecule has 2 aliphatic rings. The van der Waals surface area contributed by atoms with Crippen molar-refractivity contribution in [3.8, 4) is 0 Å². The summed E-state index contributed by atoms with van der Waals surface area (Å²) in [5, 5.41) is 28.1. The third-order valence-corrected chi connectivity index (χ3v) is 11.8. The summed E-state index contributed by atoms with van der Waals surface area (Å²) in [6.07, 6.45) is -0.588. The van der Waals surface area contributed by atoms with Crippen molar-refractivity contribution >= 4 is 41.6 Å². The van der Waals surface area contributed by atoms with Crippen LogP contribution < -0.4 is 26.6 Å². The van der Waals surface area contributed by atoms with Crippen LogP contribution in [0.3, 0.4) is 0 Å². The molecule has 13 heteroatoms. The molecule has 11 nitrogen and oxygen atoms in total. The van der Waals surface area contributed by atoms with Gasteiger partial charge in [-0.15, -0.1) is 23.5 Å². The van der Waals surface area contributed by atoms with Crippen LogP contribution in [0.5, 0.6) is 0 Å². The van der Waals surface area contributed by atoms with Gasteiger partial charge in [0.15, 0.2) is 0 Å². The Labute approximate surface area is 306 Å². The minimum atomic E-state index is -1.01. The monoisotopic (exact) mass is 728 g/mol. The van der Waals surface area contributed by atoms with Gasteiger partial charge in [0.2, 0.25) is 5.91 Å². The van der Waals surface area contributed by atoms with Crippen molar-refractivity contribution in [2.75, 3.05) is 38.4 Å².